The van der Waals surface area contributed by atoms with Crippen LogP contribution < -0.4 is 4.74 Å². The molecule has 114 valence electrons. The molecule has 0 aliphatic rings. The first kappa shape index (κ1) is 17.3. The summed E-state index contributed by atoms with van der Waals surface area (Å²) in [5.74, 6) is 0.755. The average molecular weight is 320 g/mol. The second-order valence-corrected chi connectivity index (χ2v) is 7.75. The van der Waals surface area contributed by atoms with E-state index in [1.54, 1.807) is 13.0 Å². The van der Waals surface area contributed by atoms with Crippen LogP contribution in [0.15, 0.2) is 11.0 Å². The van der Waals surface area contributed by atoms with Gasteiger partial charge in [0.2, 0.25) is 0 Å². The third-order valence-electron chi connectivity index (χ3n) is 3.24. The standard InChI is InChI=1S/C14H22ClNO3S/c1-10-9-13(20(15,17)18)11(2)12(3)14(10)19-8-6-7-16(4)5/h9H,6-8H2,1-5H3. The zero-order valence-electron chi connectivity index (χ0n) is 12.7. The summed E-state index contributed by atoms with van der Waals surface area (Å²) < 4.78 is 28.8. The van der Waals surface area contributed by atoms with E-state index in [2.05, 4.69) is 4.90 Å². The van der Waals surface area contributed by atoms with Gasteiger partial charge >= 0.3 is 0 Å². The van der Waals surface area contributed by atoms with Gasteiger partial charge < -0.3 is 9.64 Å². The van der Waals surface area contributed by atoms with Crippen molar-refractivity contribution in [2.24, 2.45) is 0 Å². The first-order valence-electron chi connectivity index (χ1n) is 6.47. The van der Waals surface area contributed by atoms with E-state index in [0.29, 0.717) is 12.2 Å². The largest absolute Gasteiger partial charge is 0.493 e. The normalized spacial score (nSPS) is 11.9. The summed E-state index contributed by atoms with van der Waals surface area (Å²) in [6.07, 6.45) is 0.917. The fourth-order valence-corrected chi connectivity index (χ4v) is 3.37. The number of hydrogen-bond acceptors (Lipinski definition) is 4. The Labute approximate surface area is 126 Å². The Morgan fingerprint density at radius 1 is 1.20 bits per heavy atom. The lowest BCUT2D eigenvalue weighted by atomic mass is 10.1. The van der Waals surface area contributed by atoms with E-state index in [4.69, 9.17) is 15.4 Å². The lowest BCUT2D eigenvalue weighted by molar-refractivity contribution is 0.278. The molecule has 0 fully saturated rings. The number of ether oxygens (including phenoxy) is 1. The highest BCUT2D eigenvalue weighted by Gasteiger charge is 2.19. The van der Waals surface area contributed by atoms with Crippen LogP contribution in [0.4, 0.5) is 0 Å². The topological polar surface area (TPSA) is 46.6 Å². The summed E-state index contributed by atoms with van der Waals surface area (Å²) in [7, 11) is 5.76. The molecule has 0 unspecified atom stereocenters. The molecule has 0 amide bonds. The van der Waals surface area contributed by atoms with E-state index in [1.807, 2.05) is 27.9 Å². The van der Waals surface area contributed by atoms with Crippen LogP contribution >= 0.6 is 10.7 Å². The first-order valence-corrected chi connectivity index (χ1v) is 8.78. The van der Waals surface area contributed by atoms with Crippen molar-refractivity contribution in [2.75, 3.05) is 27.2 Å². The van der Waals surface area contributed by atoms with Crippen LogP contribution in [0.2, 0.25) is 0 Å². The predicted molar refractivity (Wildman–Crippen MR) is 82.4 cm³/mol. The van der Waals surface area contributed by atoms with Crippen molar-refractivity contribution in [3.8, 4) is 5.75 Å². The van der Waals surface area contributed by atoms with Gasteiger partial charge in [-0.25, -0.2) is 8.42 Å². The molecule has 0 aliphatic carbocycles. The van der Waals surface area contributed by atoms with E-state index >= 15 is 0 Å². The van der Waals surface area contributed by atoms with Crippen LogP contribution in [0.3, 0.4) is 0 Å². The molecule has 0 saturated heterocycles. The van der Waals surface area contributed by atoms with Crippen molar-refractivity contribution < 1.29 is 13.2 Å². The molecule has 1 aromatic carbocycles. The summed E-state index contributed by atoms with van der Waals surface area (Å²) >= 11 is 0. The van der Waals surface area contributed by atoms with Crippen molar-refractivity contribution in [3.05, 3.63) is 22.8 Å². The number of hydrogen-bond donors (Lipinski definition) is 0. The molecule has 1 rings (SSSR count). The van der Waals surface area contributed by atoms with Gasteiger partial charge in [0, 0.05) is 17.2 Å². The molecule has 0 spiro atoms. The maximum absolute atomic E-state index is 11.5. The van der Waals surface area contributed by atoms with Gasteiger partial charge in [0.1, 0.15) is 5.75 Å². The summed E-state index contributed by atoms with van der Waals surface area (Å²) in [4.78, 5) is 2.26. The van der Waals surface area contributed by atoms with Crippen LogP contribution in [-0.4, -0.2) is 40.6 Å². The Hall–Kier alpha value is -0.780. The number of aryl methyl sites for hydroxylation is 1. The molecule has 0 N–H and O–H groups in total. The van der Waals surface area contributed by atoms with E-state index in [0.717, 1.165) is 29.8 Å². The van der Waals surface area contributed by atoms with Crippen molar-refractivity contribution in [3.63, 3.8) is 0 Å². The zero-order valence-corrected chi connectivity index (χ0v) is 14.2. The molecule has 4 nitrogen and oxygen atoms in total. The third-order valence-corrected chi connectivity index (χ3v) is 4.69. The maximum Gasteiger partial charge on any atom is 0.261 e. The molecule has 0 atom stereocenters. The molecule has 1 aromatic rings. The molecular formula is C14H22ClNO3S. The first-order chi connectivity index (χ1) is 9.14. The minimum Gasteiger partial charge on any atom is -0.493 e. The molecule has 20 heavy (non-hydrogen) atoms. The summed E-state index contributed by atoms with van der Waals surface area (Å²) in [5, 5.41) is 0. The highest BCUT2D eigenvalue weighted by atomic mass is 35.7. The highest BCUT2D eigenvalue weighted by Crippen LogP contribution is 2.32. The zero-order chi connectivity index (χ0) is 15.5. The Morgan fingerprint density at radius 2 is 1.80 bits per heavy atom. The van der Waals surface area contributed by atoms with E-state index < -0.39 is 9.05 Å². The lowest BCUT2D eigenvalue weighted by Crippen LogP contribution is -2.16. The average Bonchev–Trinajstić information content (AvgIpc) is 2.31. The van der Waals surface area contributed by atoms with Crippen molar-refractivity contribution in [1.29, 1.82) is 0 Å². The van der Waals surface area contributed by atoms with Crippen molar-refractivity contribution in [2.45, 2.75) is 32.1 Å². The van der Waals surface area contributed by atoms with Crippen LogP contribution in [-0.2, 0) is 9.05 Å². The molecule has 0 radical (unpaired) electrons. The lowest BCUT2D eigenvalue weighted by Gasteiger charge is -2.17. The SMILES string of the molecule is Cc1cc(S(=O)(=O)Cl)c(C)c(C)c1OCCCN(C)C. The van der Waals surface area contributed by atoms with Gasteiger partial charge in [-0.05, 0) is 64.0 Å². The monoisotopic (exact) mass is 319 g/mol. The summed E-state index contributed by atoms with van der Waals surface area (Å²) in [6, 6.07) is 1.58. The van der Waals surface area contributed by atoms with Crippen molar-refractivity contribution in [1.82, 2.24) is 4.90 Å². The fraction of sp³-hybridized carbons (Fsp3) is 0.571. The fourth-order valence-electron chi connectivity index (χ4n) is 2.05. The molecule has 0 bridgehead atoms. The summed E-state index contributed by atoms with van der Waals surface area (Å²) in [6.45, 7) is 6.99. The quantitative estimate of drug-likeness (QED) is 0.597. The van der Waals surface area contributed by atoms with E-state index in [1.165, 1.54) is 0 Å². The maximum atomic E-state index is 11.5. The van der Waals surface area contributed by atoms with Gasteiger partial charge in [0.25, 0.3) is 9.05 Å². The molecule has 0 aliphatic heterocycles. The van der Waals surface area contributed by atoms with Crippen LogP contribution in [0.25, 0.3) is 0 Å². The second kappa shape index (κ2) is 6.78. The Morgan fingerprint density at radius 3 is 2.30 bits per heavy atom. The number of rotatable bonds is 6. The van der Waals surface area contributed by atoms with E-state index in [9.17, 15) is 8.42 Å². The van der Waals surface area contributed by atoms with Crippen molar-refractivity contribution >= 4 is 19.7 Å². The smallest absolute Gasteiger partial charge is 0.261 e. The Bertz CT molecular complexity index is 583. The van der Waals surface area contributed by atoms with Gasteiger partial charge in [-0.3, -0.25) is 0 Å². The predicted octanol–water partition coefficient (Wildman–Crippen LogP) is 2.87. The number of benzene rings is 1. The van der Waals surface area contributed by atoms with Crippen LogP contribution in [0, 0.1) is 20.8 Å². The number of halogens is 1. The van der Waals surface area contributed by atoms with Crippen LogP contribution in [0.1, 0.15) is 23.1 Å². The molecule has 6 heteroatoms. The Balaban J connectivity index is 2.97. The van der Waals surface area contributed by atoms with Gasteiger partial charge in [-0.15, -0.1) is 0 Å². The van der Waals surface area contributed by atoms with Gasteiger partial charge in [-0.1, -0.05) is 0 Å². The third kappa shape index (κ3) is 4.36. The van der Waals surface area contributed by atoms with E-state index in [-0.39, 0.29) is 4.90 Å². The molecular weight excluding hydrogens is 298 g/mol. The number of nitrogens with zero attached hydrogens (tertiary/aromatic N) is 1. The molecule has 0 aromatic heterocycles. The van der Waals surface area contributed by atoms with Gasteiger partial charge in [0.05, 0.1) is 11.5 Å². The second-order valence-electron chi connectivity index (χ2n) is 5.21. The summed E-state index contributed by atoms with van der Waals surface area (Å²) in [5.41, 5.74) is 2.26. The van der Waals surface area contributed by atoms with Gasteiger partial charge in [0.15, 0.2) is 0 Å². The van der Waals surface area contributed by atoms with Crippen LogP contribution in [0.5, 0.6) is 5.75 Å². The minimum absolute atomic E-state index is 0.162. The minimum atomic E-state index is -3.72. The highest BCUT2D eigenvalue weighted by molar-refractivity contribution is 8.13. The molecule has 0 heterocycles. The molecule has 0 saturated carbocycles. The Kier molecular flexibility index (Phi) is 5.86. The van der Waals surface area contributed by atoms with Gasteiger partial charge in [-0.2, -0.15) is 0 Å².